The fourth-order valence-electron chi connectivity index (χ4n) is 3.56. The fraction of sp³-hybridized carbons (Fsp3) is 0.333. The molecule has 7 heteroatoms. The molecule has 3 rings (SSSR count). The summed E-state index contributed by atoms with van der Waals surface area (Å²) in [5.41, 5.74) is 3.95. The van der Waals surface area contributed by atoms with E-state index in [1.807, 2.05) is 0 Å². The number of rotatable bonds is 7. The van der Waals surface area contributed by atoms with E-state index < -0.39 is 7.82 Å². The molecule has 0 aliphatic rings. The number of phosphoric acid groups is 1. The monoisotopic (exact) mass is 445 g/mol. The van der Waals surface area contributed by atoms with E-state index in [4.69, 9.17) is 24.0 Å². The van der Waals surface area contributed by atoms with Gasteiger partial charge in [-0.3, -0.25) is 0 Å². The molecule has 3 N–H and O–H groups in total. The van der Waals surface area contributed by atoms with E-state index in [0.717, 1.165) is 18.6 Å². The topological polar surface area (TPSA) is 90.2 Å². The van der Waals surface area contributed by atoms with Crippen molar-refractivity contribution >= 4 is 18.6 Å². The molecule has 0 aromatic heterocycles. The summed E-state index contributed by atoms with van der Waals surface area (Å²) in [4.78, 5) is 23.8. The molecule has 6 nitrogen and oxygen atoms in total. The number of nitrogens with zero attached hydrogens (tertiary/aromatic N) is 1. The molecule has 3 aromatic carbocycles. The van der Waals surface area contributed by atoms with Crippen LogP contribution in [0, 0.1) is 6.92 Å². The zero-order valence-electron chi connectivity index (χ0n) is 18.5. The van der Waals surface area contributed by atoms with E-state index in [-0.39, 0.29) is 0 Å². The summed E-state index contributed by atoms with van der Waals surface area (Å²) < 4.78 is 15.2. The Morgan fingerprint density at radius 2 is 1.68 bits per heavy atom. The van der Waals surface area contributed by atoms with Gasteiger partial charge in [-0.05, 0) is 49.5 Å². The van der Waals surface area contributed by atoms with Crippen LogP contribution >= 0.6 is 7.82 Å². The Bertz CT molecular complexity index is 1020. The van der Waals surface area contributed by atoms with Crippen molar-refractivity contribution in [2.24, 2.45) is 0 Å². The summed E-state index contributed by atoms with van der Waals surface area (Å²) >= 11 is 0. The minimum atomic E-state index is -4.64. The lowest BCUT2D eigenvalue weighted by Crippen LogP contribution is -2.22. The van der Waals surface area contributed by atoms with Crippen molar-refractivity contribution in [3.05, 3.63) is 77.4 Å². The first-order chi connectivity index (χ1) is 14.6. The average molecular weight is 445 g/mol. The summed E-state index contributed by atoms with van der Waals surface area (Å²) in [5.74, 6) is 1.02. The van der Waals surface area contributed by atoms with Gasteiger partial charge in [0.1, 0.15) is 5.75 Å². The van der Waals surface area contributed by atoms with Crippen LogP contribution in [-0.2, 0) is 11.0 Å². The van der Waals surface area contributed by atoms with Gasteiger partial charge in [0.2, 0.25) is 0 Å². The maximum absolute atomic E-state index is 8.88. The van der Waals surface area contributed by atoms with Gasteiger partial charge in [-0.1, -0.05) is 67.6 Å². The SMILES string of the molecule is CCc1cccc(C(CCOc2c(C)ccc3ccccc23)N(C)C)c1.O=P(O)(O)O. The summed E-state index contributed by atoms with van der Waals surface area (Å²) in [6.07, 6.45) is 2.03. The van der Waals surface area contributed by atoms with Crippen LogP contribution in [0.4, 0.5) is 0 Å². The number of hydrogen-bond acceptors (Lipinski definition) is 3. The zero-order chi connectivity index (χ0) is 23.0. The lowest BCUT2D eigenvalue weighted by Gasteiger charge is -2.25. The van der Waals surface area contributed by atoms with Gasteiger partial charge in [0, 0.05) is 17.8 Å². The number of fused-ring (bicyclic) bond motifs is 1. The Morgan fingerprint density at radius 1 is 1.00 bits per heavy atom. The summed E-state index contributed by atoms with van der Waals surface area (Å²) in [7, 11) is -0.348. The molecule has 1 atom stereocenters. The van der Waals surface area contributed by atoms with Crippen molar-refractivity contribution in [3.63, 3.8) is 0 Å². The third-order valence-corrected chi connectivity index (χ3v) is 5.08. The highest BCUT2D eigenvalue weighted by molar-refractivity contribution is 7.45. The number of ether oxygens (including phenoxy) is 1. The van der Waals surface area contributed by atoms with Crippen molar-refractivity contribution in [2.75, 3.05) is 20.7 Å². The van der Waals surface area contributed by atoms with Crippen LogP contribution in [-0.4, -0.2) is 40.3 Å². The molecule has 3 aromatic rings. The van der Waals surface area contributed by atoms with Crippen molar-refractivity contribution in [1.29, 1.82) is 0 Å². The van der Waals surface area contributed by atoms with Gasteiger partial charge >= 0.3 is 7.82 Å². The van der Waals surface area contributed by atoms with Gasteiger partial charge in [-0.25, -0.2) is 4.57 Å². The molecule has 168 valence electrons. The molecule has 31 heavy (non-hydrogen) atoms. The first-order valence-corrected chi connectivity index (χ1v) is 11.8. The molecule has 0 fully saturated rings. The van der Waals surface area contributed by atoms with Crippen LogP contribution in [0.2, 0.25) is 0 Å². The highest BCUT2D eigenvalue weighted by atomic mass is 31.2. The Kier molecular flexibility index (Phi) is 9.23. The molecule has 0 aliphatic carbocycles. The smallest absolute Gasteiger partial charge is 0.466 e. The first-order valence-electron chi connectivity index (χ1n) is 10.2. The highest BCUT2D eigenvalue weighted by Crippen LogP contribution is 2.30. The minimum Gasteiger partial charge on any atom is -0.493 e. The lowest BCUT2D eigenvalue weighted by atomic mass is 10.00. The molecule has 0 saturated carbocycles. The zero-order valence-corrected chi connectivity index (χ0v) is 19.4. The average Bonchev–Trinajstić information content (AvgIpc) is 2.71. The van der Waals surface area contributed by atoms with Crippen LogP contribution < -0.4 is 4.74 Å². The Hall–Kier alpha value is -2.21. The van der Waals surface area contributed by atoms with E-state index in [1.165, 1.54) is 27.5 Å². The third-order valence-electron chi connectivity index (χ3n) is 5.08. The molecule has 0 bridgehead atoms. The number of aryl methyl sites for hydroxylation is 2. The van der Waals surface area contributed by atoms with E-state index in [2.05, 4.69) is 93.5 Å². The Balaban J connectivity index is 0.000000614. The van der Waals surface area contributed by atoms with Crippen molar-refractivity contribution in [3.8, 4) is 5.75 Å². The van der Waals surface area contributed by atoms with Crippen LogP contribution in [0.1, 0.15) is 36.1 Å². The molecular weight excluding hydrogens is 413 g/mol. The molecule has 0 amide bonds. The summed E-state index contributed by atoms with van der Waals surface area (Å²) in [6, 6.07) is 22.0. The van der Waals surface area contributed by atoms with Gasteiger partial charge in [0.05, 0.1) is 6.61 Å². The fourth-order valence-corrected chi connectivity index (χ4v) is 3.56. The Morgan fingerprint density at radius 3 is 2.32 bits per heavy atom. The van der Waals surface area contributed by atoms with Crippen molar-refractivity contribution in [2.45, 2.75) is 32.7 Å². The van der Waals surface area contributed by atoms with Crippen molar-refractivity contribution in [1.82, 2.24) is 4.90 Å². The second-order valence-electron chi connectivity index (χ2n) is 7.66. The van der Waals surface area contributed by atoms with Gasteiger partial charge < -0.3 is 24.3 Å². The van der Waals surface area contributed by atoms with Gasteiger partial charge in [0.15, 0.2) is 0 Å². The molecule has 0 saturated heterocycles. The maximum atomic E-state index is 8.88. The van der Waals surface area contributed by atoms with E-state index in [1.54, 1.807) is 0 Å². The van der Waals surface area contributed by atoms with Gasteiger partial charge in [-0.15, -0.1) is 0 Å². The lowest BCUT2D eigenvalue weighted by molar-refractivity contribution is 0.224. The quantitative estimate of drug-likeness (QED) is 0.450. The second-order valence-corrected chi connectivity index (χ2v) is 8.69. The van der Waals surface area contributed by atoms with E-state index in [0.29, 0.717) is 12.6 Å². The van der Waals surface area contributed by atoms with Crippen LogP contribution in [0.25, 0.3) is 10.8 Å². The number of hydrogen-bond donors (Lipinski definition) is 3. The van der Waals surface area contributed by atoms with Crippen molar-refractivity contribution < 1.29 is 24.0 Å². The third kappa shape index (κ3) is 8.09. The normalized spacial score (nSPS) is 12.4. The summed E-state index contributed by atoms with van der Waals surface area (Å²) in [5, 5.41) is 2.43. The van der Waals surface area contributed by atoms with Crippen LogP contribution in [0.5, 0.6) is 5.75 Å². The van der Waals surface area contributed by atoms with E-state index in [9.17, 15) is 0 Å². The first kappa shape index (κ1) is 25.1. The molecule has 0 heterocycles. The largest absolute Gasteiger partial charge is 0.493 e. The minimum absolute atomic E-state index is 0.358. The number of benzene rings is 3. The Labute approximate surface area is 184 Å². The van der Waals surface area contributed by atoms with E-state index >= 15 is 0 Å². The summed E-state index contributed by atoms with van der Waals surface area (Å²) in [6.45, 7) is 5.03. The predicted octanol–water partition coefficient (Wildman–Crippen LogP) is 4.85. The molecule has 0 aliphatic heterocycles. The highest BCUT2D eigenvalue weighted by Gasteiger charge is 2.15. The predicted molar refractivity (Wildman–Crippen MR) is 125 cm³/mol. The van der Waals surface area contributed by atoms with Gasteiger partial charge in [0.25, 0.3) is 0 Å². The van der Waals surface area contributed by atoms with Crippen LogP contribution in [0.15, 0.2) is 60.7 Å². The standard InChI is InChI=1S/C24H29NO.H3O4P/c1-5-19-9-8-11-21(17-19)23(25(3)4)15-16-26-24-18(2)13-14-20-10-6-7-12-22(20)24;1-5(2,3)4/h6-14,17,23H,5,15-16H2,1-4H3;(H3,1,2,3,4). The molecule has 0 spiro atoms. The molecule has 1 unspecified atom stereocenters. The molecular formula is C24H32NO5P. The van der Waals surface area contributed by atoms with Gasteiger partial charge in [-0.2, -0.15) is 0 Å². The molecule has 0 radical (unpaired) electrons. The second kappa shape index (κ2) is 11.4. The maximum Gasteiger partial charge on any atom is 0.466 e. The van der Waals surface area contributed by atoms with Crippen LogP contribution in [0.3, 0.4) is 0 Å².